The number of anilines is 1. The number of hydrogen-bond acceptors (Lipinski definition) is 4. The van der Waals surface area contributed by atoms with Crippen molar-refractivity contribution in [2.45, 2.75) is 26.8 Å². The molecule has 28 heavy (non-hydrogen) atoms. The van der Waals surface area contributed by atoms with Gasteiger partial charge in [0.05, 0.1) is 17.5 Å². The number of carbonyl (C=O) groups excluding carboxylic acids is 2. The van der Waals surface area contributed by atoms with Crippen LogP contribution in [0.15, 0.2) is 47.2 Å². The Morgan fingerprint density at radius 1 is 1.21 bits per heavy atom. The molecule has 2 aromatic heterocycles. The number of nitrogens with one attached hydrogen (secondary N) is 1. The molecule has 0 saturated carbocycles. The number of carbonyl (C=O) groups is 2. The van der Waals surface area contributed by atoms with E-state index in [2.05, 4.69) is 10.3 Å². The fourth-order valence-electron chi connectivity index (χ4n) is 3.38. The van der Waals surface area contributed by atoms with Crippen molar-refractivity contribution in [2.75, 3.05) is 18.0 Å². The van der Waals surface area contributed by atoms with Gasteiger partial charge in [-0.25, -0.2) is 9.69 Å². The molecule has 0 aliphatic carbocycles. The Labute approximate surface area is 162 Å². The predicted molar refractivity (Wildman–Crippen MR) is 101 cm³/mol. The summed E-state index contributed by atoms with van der Waals surface area (Å²) in [6.45, 7) is 4.87. The highest BCUT2D eigenvalue weighted by molar-refractivity contribution is 6.19. The summed E-state index contributed by atoms with van der Waals surface area (Å²) >= 11 is 0. The lowest BCUT2D eigenvalue weighted by molar-refractivity contribution is -0.742. The van der Waals surface area contributed by atoms with E-state index in [1.54, 1.807) is 22.0 Å². The summed E-state index contributed by atoms with van der Waals surface area (Å²) in [6.07, 6.45) is 4.13. The van der Waals surface area contributed by atoms with Crippen LogP contribution in [-0.4, -0.2) is 40.2 Å². The first-order valence-corrected chi connectivity index (χ1v) is 9.18. The van der Waals surface area contributed by atoms with E-state index in [4.69, 9.17) is 4.52 Å². The largest absolute Gasteiger partial charge is 0.361 e. The Morgan fingerprint density at radius 3 is 2.71 bits per heavy atom. The zero-order chi connectivity index (χ0) is 19.7. The van der Waals surface area contributed by atoms with E-state index in [9.17, 15) is 9.59 Å². The number of aryl methyl sites for hydroxylation is 2. The van der Waals surface area contributed by atoms with E-state index < -0.39 is 0 Å². The SMILES string of the molecule is Cc1noc(C)c1C[n+]1cc(N2C(=O)CN(CCc3ccccc3)C2=O)c[nH]1. The van der Waals surface area contributed by atoms with E-state index in [1.807, 2.05) is 44.2 Å². The molecule has 1 aliphatic heterocycles. The molecule has 0 radical (unpaired) electrons. The number of aromatic amines is 1. The summed E-state index contributed by atoms with van der Waals surface area (Å²) in [6, 6.07) is 9.64. The lowest BCUT2D eigenvalue weighted by Gasteiger charge is -2.15. The average molecular weight is 380 g/mol. The maximum absolute atomic E-state index is 12.8. The Bertz CT molecular complexity index is 989. The number of urea groups is 1. The first kappa shape index (κ1) is 18.0. The number of imide groups is 1. The van der Waals surface area contributed by atoms with Crippen molar-refractivity contribution in [3.05, 3.63) is 65.3 Å². The molecule has 1 fully saturated rings. The van der Waals surface area contributed by atoms with Crippen molar-refractivity contribution in [3.63, 3.8) is 0 Å². The van der Waals surface area contributed by atoms with Crippen LogP contribution in [0.3, 0.4) is 0 Å². The van der Waals surface area contributed by atoms with Gasteiger partial charge in [-0.2, -0.15) is 5.10 Å². The molecule has 3 amide bonds. The van der Waals surface area contributed by atoms with Crippen LogP contribution in [0.1, 0.15) is 22.6 Å². The van der Waals surface area contributed by atoms with Crippen LogP contribution >= 0.6 is 0 Å². The van der Waals surface area contributed by atoms with Gasteiger partial charge in [0.1, 0.15) is 18.0 Å². The fourth-order valence-corrected chi connectivity index (χ4v) is 3.38. The Balaban J connectivity index is 1.45. The highest BCUT2D eigenvalue weighted by Crippen LogP contribution is 2.20. The van der Waals surface area contributed by atoms with Crippen LogP contribution in [0.4, 0.5) is 10.5 Å². The van der Waals surface area contributed by atoms with Crippen molar-refractivity contribution >= 4 is 17.6 Å². The van der Waals surface area contributed by atoms with Gasteiger partial charge in [-0.3, -0.25) is 4.79 Å². The van der Waals surface area contributed by atoms with E-state index in [1.165, 1.54) is 4.90 Å². The minimum absolute atomic E-state index is 0.0979. The van der Waals surface area contributed by atoms with Crippen LogP contribution in [0.5, 0.6) is 0 Å². The van der Waals surface area contributed by atoms with Gasteiger partial charge in [0, 0.05) is 6.54 Å². The molecule has 8 nitrogen and oxygen atoms in total. The van der Waals surface area contributed by atoms with E-state index in [0.717, 1.165) is 22.6 Å². The summed E-state index contributed by atoms with van der Waals surface area (Å²) in [5, 5.41) is 7.02. The Kier molecular flexibility index (Phi) is 4.68. The third kappa shape index (κ3) is 3.40. The molecule has 0 atom stereocenters. The second-order valence-electron chi connectivity index (χ2n) is 6.93. The molecule has 1 aliphatic rings. The van der Waals surface area contributed by atoms with Gasteiger partial charge >= 0.3 is 6.03 Å². The molecule has 8 heteroatoms. The normalized spacial score (nSPS) is 14.4. The number of hydrogen-bond donors (Lipinski definition) is 1. The Hall–Kier alpha value is -3.42. The van der Waals surface area contributed by atoms with Gasteiger partial charge in [-0.05, 0) is 25.8 Å². The number of rotatable bonds is 6. The lowest BCUT2D eigenvalue weighted by atomic mass is 10.1. The zero-order valence-electron chi connectivity index (χ0n) is 15.9. The maximum Gasteiger partial charge on any atom is 0.332 e. The van der Waals surface area contributed by atoms with Crippen LogP contribution in [0.25, 0.3) is 0 Å². The van der Waals surface area contributed by atoms with Crippen molar-refractivity contribution in [3.8, 4) is 0 Å². The monoisotopic (exact) mass is 380 g/mol. The van der Waals surface area contributed by atoms with Crippen LogP contribution in [0.2, 0.25) is 0 Å². The molecule has 1 aromatic carbocycles. The van der Waals surface area contributed by atoms with Crippen molar-refractivity contribution in [1.82, 2.24) is 15.2 Å². The summed E-state index contributed by atoms with van der Waals surface area (Å²) in [4.78, 5) is 28.0. The molecular formula is C20H22N5O3+. The van der Waals surface area contributed by atoms with E-state index >= 15 is 0 Å². The molecule has 1 N–H and O–H groups in total. The van der Waals surface area contributed by atoms with E-state index in [-0.39, 0.29) is 18.5 Å². The molecule has 3 aromatic rings. The highest BCUT2D eigenvalue weighted by Gasteiger charge is 2.38. The van der Waals surface area contributed by atoms with Crippen molar-refractivity contribution < 1.29 is 18.8 Å². The standard InChI is InChI=1S/C20H21N5O3/c1-14-18(15(2)28-22-14)12-24-11-17(10-21-24)25-19(26)13-23(20(25)27)9-8-16-6-4-3-5-7-16/h3-7,10-11H,8-9,12-13H2,1-2H3/p+1. The van der Waals surface area contributed by atoms with Gasteiger partial charge in [0.15, 0.2) is 0 Å². The predicted octanol–water partition coefficient (Wildman–Crippen LogP) is 1.97. The third-order valence-corrected chi connectivity index (χ3v) is 4.98. The van der Waals surface area contributed by atoms with Gasteiger partial charge in [0.2, 0.25) is 12.7 Å². The number of aromatic nitrogens is 3. The lowest BCUT2D eigenvalue weighted by Crippen LogP contribution is -2.37. The molecule has 3 heterocycles. The topological polar surface area (TPSA) is 86.3 Å². The molecule has 0 spiro atoms. The summed E-state index contributed by atoms with van der Waals surface area (Å²) in [5.41, 5.74) is 3.47. The van der Waals surface area contributed by atoms with Crippen LogP contribution in [0, 0.1) is 13.8 Å². The minimum atomic E-state index is -0.288. The fraction of sp³-hybridized carbons (Fsp3) is 0.300. The number of nitrogens with zero attached hydrogens (tertiary/aromatic N) is 4. The van der Waals surface area contributed by atoms with Gasteiger partial charge in [0.25, 0.3) is 5.91 Å². The molecular weight excluding hydrogens is 358 g/mol. The number of benzene rings is 1. The summed E-state index contributed by atoms with van der Waals surface area (Å²) in [7, 11) is 0. The van der Waals surface area contributed by atoms with Crippen LogP contribution < -0.4 is 9.58 Å². The smallest absolute Gasteiger partial charge is 0.332 e. The average Bonchev–Trinajstić information content (AvgIpc) is 3.35. The summed E-state index contributed by atoms with van der Waals surface area (Å²) < 4.78 is 6.98. The second-order valence-corrected chi connectivity index (χ2v) is 6.93. The zero-order valence-corrected chi connectivity index (χ0v) is 15.9. The number of amides is 3. The third-order valence-electron chi connectivity index (χ3n) is 4.98. The first-order valence-electron chi connectivity index (χ1n) is 9.18. The molecule has 4 rings (SSSR count). The van der Waals surface area contributed by atoms with Crippen molar-refractivity contribution in [2.24, 2.45) is 0 Å². The Morgan fingerprint density at radius 2 is 2.00 bits per heavy atom. The van der Waals surface area contributed by atoms with Crippen LogP contribution in [-0.2, 0) is 17.8 Å². The highest BCUT2D eigenvalue weighted by atomic mass is 16.5. The first-order chi connectivity index (χ1) is 13.5. The molecule has 0 unspecified atom stereocenters. The van der Waals surface area contributed by atoms with Gasteiger partial charge < -0.3 is 9.42 Å². The van der Waals surface area contributed by atoms with E-state index in [0.29, 0.717) is 25.2 Å². The molecule has 1 saturated heterocycles. The second kappa shape index (κ2) is 7.30. The quantitative estimate of drug-likeness (QED) is 0.523. The summed E-state index contributed by atoms with van der Waals surface area (Å²) in [5.74, 6) is 0.531. The number of H-pyrrole nitrogens is 1. The maximum atomic E-state index is 12.8. The molecule has 144 valence electrons. The molecule has 0 bridgehead atoms. The van der Waals surface area contributed by atoms with Gasteiger partial charge in [-0.15, -0.1) is 4.68 Å². The van der Waals surface area contributed by atoms with Crippen molar-refractivity contribution in [1.29, 1.82) is 0 Å². The van der Waals surface area contributed by atoms with Gasteiger partial charge in [-0.1, -0.05) is 35.5 Å². The minimum Gasteiger partial charge on any atom is -0.361 e.